The number of ether oxygens (including phenoxy) is 1. The molecule has 4 N–H and O–H groups in total. The second-order valence-corrected chi connectivity index (χ2v) is 9.14. The number of halogens is 1. The van der Waals surface area contributed by atoms with Gasteiger partial charge in [-0.05, 0) is 70.6 Å². The zero-order valence-electron chi connectivity index (χ0n) is 18.8. The van der Waals surface area contributed by atoms with Gasteiger partial charge in [-0.25, -0.2) is 9.97 Å². The number of hydrogen-bond donors (Lipinski definition) is 2. The lowest BCUT2D eigenvalue weighted by Gasteiger charge is -2.35. The minimum atomic E-state index is -0.579. The van der Waals surface area contributed by atoms with Gasteiger partial charge in [-0.3, -0.25) is 4.39 Å². The molecule has 0 unspecified atom stereocenters. The molecule has 2 aliphatic rings. The lowest BCUT2D eigenvalue weighted by Crippen LogP contribution is -2.36. The summed E-state index contributed by atoms with van der Waals surface area (Å²) in [4.78, 5) is 14.4. The van der Waals surface area contributed by atoms with E-state index in [9.17, 15) is 4.39 Å². The molecule has 0 spiro atoms. The first-order chi connectivity index (χ1) is 15.4. The molecule has 2 aliphatic carbocycles. The van der Waals surface area contributed by atoms with Crippen LogP contribution >= 0.6 is 0 Å². The Morgan fingerprint density at radius 3 is 2.66 bits per heavy atom. The van der Waals surface area contributed by atoms with Crippen LogP contribution in [0, 0.1) is 0 Å². The van der Waals surface area contributed by atoms with Crippen molar-refractivity contribution in [2.75, 3.05) is 19.0 Å². The van der Waals surface area contributed by atoms with Gasteiger partial charge >= 0.3 is 0 Å². The molecular formula is C24H32FN5O2. The summed E-state index contributed by atoms with van der Waals surface area (Å²) in [6.45, 7) is 4.07. The van der Waals surface area contributed by atoms with Gasteiger partial charge < -0.3 is 21.0 Å². The van der Waals surface area contributed by atoms with E-state index in [-0.39, 0.29) is 18.8 Å². The van der Waals surface area contributed by atoms with E-state index in [2.05, 4.69) is 15.1 Å². The number of nitrogen functional groups attached to an aromatic ring is 1. The fraction of sp³-hybridized carbons (Fsp3) is 0.542. The molecule has 0 amide bonds. The summed E-state index contributed by atoms with van der Waals surface area (Å²) < 4.78 is 18.7. The van der Waals surface area contributed by atoms with Crippen molar-refractivity contribution in [3.63, 3.8) is 0 Å². The smallest absolute Gasteiger partial charge is 0.131 e. The van der Waals surface area contributed by atoms with Crippen LogP contribution in [0.2, 0.25) is 0 Å². The number of benzene rings is 1. The van der Waals surface area contributed by atoms with Gasteiger partial charge in [0.15, 0.2) is 0 Å². The molecule has 4 rings (SSSR count). The Morgan fingerprint density at radius 1 is 1.12 bits per heavy atom. The normalized spacial score (nSPS) is 22.8. The van der Waals surface area contributed by atoms with Crippen LogP contribution in [0.3, 0.4) is 0 Å². The van der Waals surface area contributed by atoms with Crippen LogP contribution in [-0.4, -0.2) is 41.1 Å². The lowest BCUT2D eigenvalue weighted by molar-refractivity contribution is 0.136. The van der Waals surface area contributed by atoms with Crippen LogP contribution in [-0.2, 0) is 10.3 Å². The van der Waals surface area contributed by atoms with Gasteiger partial charge in [0.25, 0.3) is 0 Å². The topological polar surface area (TPSA) is 109 Å². The van der Waals surface area contributed by atoms with E-state index in [1.165, 1.54) is 6.33 Å². The molecule has 1 saturated carbocycles. The largest absolute Gasteiger partial charge is 0.490 e. The van der Waals surface area contributed by atoms with Crippen molar-refractivity contribution in [3.8, 4) is 17.0 Å². The molecule has 7 nitrogen and oxygen atoms in total. The number of unbranched alkanes of at least 4 members (excludes halogenated alkanes) is 1. The maximum atomic E-state index is 12.4. The third-order valence-corrected chi connectivity index (χ3v) is 6.39. The van der Waals surface area contributed by atoms with Gasteiger partial charge in [0.05, 0.1) is 24.2 Å². The van der Waals surface area contributed by atoms with E-state index in [4.69, 9.17) is 21.0 Å². The fourth-order valence-electron chi connectivity index (χ4n) is 4.61. The van der Waals surface area contributed by atoms with E-state index in [1.54, 1.807) is 0 Å². The second-order valence-electron chi connectivity index (χ2n) is 9.14. The van der Waals surface area contributed by atoms with Crippen LogP contribution in [0.1, 0.15) is 63.5 Å². The number of nitrogens with zero attached hydrogens (tertiary/aromatic N) is 3. The summed E-state index contributed by atoms with van der Waals surface area (Å²) in [6, 6.07) is 6.25. The summed E-state index contributed by atoms with van der Waals surface area (Å²) in [6.07, 6.45) is 6.57. The van der Waals surface area contributed by atoms with Crippen molar-refractivity contribution in [2.45, 2.75) is 69.9 Å². The predicted molar refractivity (Wildman–Crippen MR) is 123 cm³/mol. The number of nitrogens with two attached hydrogens (primary N) is 2. The highest BCUT2D eigenvalue weighted by Crippen LogP contribution is 2.45. The Hall–Kier alpha value is -2.74. The molecule has 1 aromatic carbocycles. The van der Waals surface area contributed by atoms with Crippen molar-refractivity contribution < 1.29 is 14.0 Å². The summed E-state index contributed by atoms with van der Waals surface area (Å²) in [5, 5.41) is 4.50. The van der Waals surface area contributed by atoms with Crippen LogP contribution in [0.15, 0.2) is 29.7 Å². The molecule has 0 saturated heterocycles. The first-order valence-corrected chi connectivity index (χ1v) is 11.4. The minimum absolute atomic E-state index is 0.159. The monoisotopic (exact) mass is 441 g/mol. The van der Waals surface area contributed by atoms with Gasteiger partial charge in [-0.15, -0.1) is 0 Å². The SMILES string of the molecule is CC1(C)/C(=N/OCCCCF)c2cc(O[C@H]3CC[C@@H](N)CC3)ccc2-c2ncnc(N)c21. The molecule has 0 atom stereocenters. The van der Waals surface area contributed by atoms with Crippen LogP contribution in [0.25, 0.3) is 11.3 Å². The summed E-state index contributed by atoms with van der Waals surface area (Å²) in [5.41, 5.74) is 15.9. The van der Waals surface area contributed by atoms with Gasteiger partial charge in [-0.2, -0.15) is 0 Å². The summed E-state index contributed by atoms with van der Waals surface area (Å²) >= 11 is 0. The minimum Gasteiger partial charge on any atom is -0.490 e. The van der Waals surface area contributed by atoms with Crippen LogP contribution in [0.4, 0.5) is 10.2 Å². The second kappa shape index (κ2) is 9.40. The van der Waals surface area contributed by atoms with Crippen molar-refractivity contribution >= 4 is 11.5 Å². The number of alkyl halides is 1. The molecule has 32 heavy (non-hydrogen) atoms. The number of anilines is 1. The molecule has 1 fully saturated rings. The standard InChI is InChI=1S/C24H32FN5O2/c1-24(2)20-21(28-14-29-23(20)27)18-10-9-17(32-16-7-5-15(26)6-8-16)13-19(18)22(24)30-31-12-4-3-11-25/h9-10,13-16H,3-8,11-12,26H2,1-2H3,(H2,27,28,29)/b30-22+/t15-,16+. The zero-order valence-corrected chi connectivity index (χ0v) is 18.8. The highest BCUT2D eigenvalue weighted by atomic mass is 19.1. The molecule has 0 radical (unpaired) electrons. The van der Waals surface area contributed by atoms with E-state index >= 15 is 0 Å². The Bertz CT molecular complexity index is 986. The Morgan fingerprint density at radius 2 is 1.91 bits per heavy atom. The molecule has 8 heteroatoms. The van der Waals surface area contributed by atoms with Crippen LogP contribution in [0.5, 0.6) is 5.75 Å². The molecule has 0 aliphatic heterocycles. The predicted octanol–water partition coefficient (Wildman–Crippen LogP) is 4.14. The average Bonchev–Trinajstić information content (AvgIpc) is 2.77. The highest BCUT2D eigenvalue weighted by Gasteiger charge is 2.41. The average molecular weight is 442 g/mol. The van der Waals surface area contributed by atoms with E-state index in [0.717, 1.165) is 59.5 Å². The molecule has 0 bridgehead atoms. The maximum absolute atomic E-state index is 12.4. The van der Waals surface area contributed by atoms with Gasteiger partial charge in [0, 0.05) is 28.1 Å². The number of oxime groups is 1. The van der Waals surface area contributed by atoms with Crippen molar-refractivity contribution in [2.24, 2.45) is 10.9 Å². The van der Waals surface area contributed by atoms with Crippen molar-refractivity contribution in [1.29, 1.82) is 0 Å². The fourth-order valence-corrected chi connectivity index (χ4v) is 4.61. The summed E-state index contributed by atoms with van der Waals surface area (Å²) in [7, 11) is 0. The molecule has 1 heterocycles. The quantitative estimate of drug-likeness (QED) is 0.494. The Kier molecular flexibility index (Phi) is 6.60. The summed E-state index contributed by atoms with van der Waals surface area (Å²) in [5.74, 6) is 1.21. The Labute approximate surface area is 188 Å². The van der Waals surface area contributed by atoms with Gasteiger partial charge in [-0.1, -0.05) is 5.16 Å². The molecular weight excluding hydrogens is 409 g/mol. The lowest BCUT2D eigenvalue weighted by atomic mass is 9.70. The van der Waals surface area contributed by atoms with Crippen LogP contribution < -0.4 is 16.2 Å². The third kappa shape index (κ3) is 4.41. The number of fused-ring (bicyclic) bond motifs is 3. The molecule has 2 aromatic rings. The van der Waals surface area contributed by atoms with Gasteiger partial charge in [0.2, 0.25) is 0 Å². The van der Waals surface area contributed by atoms with E-state index < -0.39 is 5.41 Å². The first kappa shape index (κ1) is 22.5. The van der Waals surface area contributed by atoms with Gasteiger partial charge in [0.1, 0.15) is 24.5 Å². The first-order valence-electron chi connectivity index (χ1n) is 11.4. The van der Waals surface area contributed by atoms with Crippen molar-refractivity contribution in [1.82, 2.24) is 9.97 Å². The van der Waals surface area contributed by atoms with E-state index in [0.29, 0.717) is 25.3 Å². The number of hydrogen-bond acceptors (Lipinski definition) is 7. The molecule has 1 aromatic heterocycles. The molecule has 172 valence electrons. The Balaban J connectivity index is 1.71. The number of rotatable bonds is 7. The maximum Gasteiger partial charge on any atom is 0.131 e. The number of aromatic nitrogens is 2. The third-order valence-electron chi connectivity index (χ3n) is 6.39. The highest BCUT2D eigenvalue weighted by molar-refractivity contribution is 6.15. The van der Waals surface area contributed by atoms with E-state index in [1.807, 2.05) is 32.0 Å². The zero-order chi connectivity index (χ0) is 22.7. The van der Waals surface area contributed by atoms with Crippen molar-refractivity contribution in [3.05, 3.63) is 35.7 Å².